The molecule has 16 heavy (non-hydrogen) atoms. The molecular weight excluding hydrogens is 296 g/mol. The minimum Gasteiger partial charge on any atom is -0.383 e. The highest BCUT2D eigenvalue weighted by Gasteiger charge is 2.28. The fourth-order valence-electron chi connectivity index (χ4n) is 1.59. The first kappa shape index (κ1) is 11.6. The summed E-state index contributed by atoms with van der Waals surface area (Å²) in [6.45, 7) is 0. The maximum Gasteiger partial charge on any atom is 0.152 e. The highest BCUT2D eigenvalue weighted by atomic mass is 79.9. The number of nitrogens with two attached hydrogens (primary N) is 1. The summed E-state index contributed by atoms with van der Waals surface area (Å²) in [5.74, 6) is 1.24. The lowest BCUT2D eigenvalue weighted by Gasteiger charge is -2.12. The molecule has 1 atom stereocenters. The van der Waals surface area contributed by atoms with E-state index in [1.165, 1.54) is 6.33 Å². The second-order valence-corrected chi connectivity index (χ2v) is 6.69. The maximum atomic E-state index is 11.3. The first-order valence-corrected chi connectivity index (χ1v) is 7.32. The van der Waals surface area contributed by atoms with E-state index in [1.54, 1.807) is 0 Å². The van der Waals surface area contributed by atoms with E-state index in [-0.39, 0.29) is 17.5 Å². The lowest BCUT2D eigenvalue weighted by molar-refractivity contribution is 0.602. The van der Waals surface area contributed by atoms with Gasteiger partial charge in [0.1, 0.15) is 22.4 Å². The molecule has 2 rings (SSSR count). The Hall–Kier alpha value is -0.890. The Morgan fingerprint density at radius 1 is 1.50 bits per heavy atom. The van der Waals surface area contributed by atoms with E-state index in [2.05, 4.69) is 31.2 Å². The third-order valence-electron chi connectivity index (χ3n) is 2.39. The van der Waals surface area contributed by atoms with E-state index in [9.17, 15) is 8.42 Å². The van der Waals surface area contributed by atoms with Crippen molar-refractivity contribution >= 4 is 37.4 Å². The average Bonchev–Trinajstić information content (AvgIpc) is 2.53. The fraction of sp³-hybridized carbons (Fsp3) is 0.500. The quantitative estimate of drug-likeness (QED) is 0.822. The van der Waals surface area contributed by atoms with Crippen LogP contribution in [0.5, 0.6) is 0 Å². The number of hydrogen-bond donors (Lipinski definition) is 2. The second-order valence-electron chi connectivity index (χ2n) is 3.67. The van der Waals surface area contributed by atoms with Gasteiger partial charge in [-0.3, -0.25) is 0 Å². The fourth-order valence-corrected chi connectivity index (χ4v) is 3.58. The van der Waals surface area contributed by atoms with E-state index < -0.39 is 9.84 Å². The van der Waals surface area contributed by atoms with Crippen LogP contribution >= 0.6 is 15.9 Å². The summed E-state index contributed by atoms with van der Waals surface area (Å²) < 4.78 is 23.1. The predicted molar refractivity (Wildman–Crippen MR) is 64.8 cm³/mol. The molecule has 1 fully saturated rings. The van der Waals surface area contributed by atoms with Crippen molar-refractivity contribution in [2.24, 2.45) is 0 Å². The van der Waals surface area contributed by atoms with Gasteiger partial charge < -0.3 is 11.1 Å². The Morgan fingerprint density at radius 3 is 2.88 bits per heavy atom. The summed E-state index contributed by atoms with van der Waals surface area (Å²) in [4.78, 5) is 7.81. The van der Waals surface area contributed by atoms with E-state index in [0.717, 1.165) is 0 Å². The molecule has 0 saturated carbocycles. The lowest BCUT2D eigenvalue weighted by atomic mass is 10.2. The van der Waals surface area contributed by atoms with Crippen LogP contribution in [0.15, 0.2) is 10.8 Å². The van der Waals surface area contributed by atoms with Crippen LogP contribution in [0.2, 0.25) is 0 Å². The van der Waals surface area contributed by atoms with Gasteiger partial charge in [-0.15, -0.1) is 0 Å². The van der Waals surface area contributed by atoms with Crippen LogP contribution in [0.1, 0.15) is 6.42 Å². The minimum absolute atomic E-state index is 0.101. The molecule has 0 amide bonds. The number of nitrogen functional groups attached to an aromatic ring is 1. The van der Waals surface area contributed by atoms with Gasteiger partial charge in [0.15, 0.2) is 9.84 Å². The Bertz CT molecular complexity index is 505. The van der Waals surface area contributed by atoms with E-state index >= 15 is 0 Å². The average molecular weight is 307 g/mol. The smallest absolute Gasteiger partial charge is 0.152 e. The number of anilines is 2. The number of halogens is 1. The predicted octanol–water partition coefficient (Wildman–Crippen LogP) is 0.420. The highest BCUT2D eigenvalue weighted by molar-refractivity contribution is 9.10. The molecule has 0 bridgehead atoms. The first-order chi connectivity index (χ1) is 7.48. The number of hydrogen-bond acceptors (Lipinski definition) is 6. The summed E-state index contributed by atoms with van der Waals surface area (Å²) in [5, 5.41) is 3.05. The Morgan fingerprint density at radius 2 is 2.25 bits per heavy atom. The number of nitrogens with zero attached hydrogens (tertiary/aromatic N) is 2. The highest BCUT2D eigenvalue weighted by Crippen LogP contribution is 2.26. The largest absolute Gasteiger partial charge is 0.383 e. The van der Waals surface area contributed by atoms with Gasteiger partial charge in [0, 0.05) is 6.04 Å². The van der Waals surface area contributed by atoms with Crippen molar-refractivity contribution in [1.29, 1.82) is 0 Å². The molecule has 0 radical (unpaired) electrons. The molecule has 8 heteroatoms. The van der Waals surface area contributed by atoms with Gasteiger partial charge in [-0.25, -0.2) is 18.4 Å². The summed E-state index contributed by atoms with van der Waals surface area (Å²) in [6.07, 6.45) is 1.94. The summed E-state index contributed by atoms with van der Waals surface area (Å²) in [5.41, 5.74) is 5.59. The van der Waals surface area contributed by atoms with Gasteiger partial charge in [-0.2, -0.15) is 0 Å². The topological polar surface area (TPSA) is 98.0 Å². The minimum atomic E-state index is -2.89. The molecule has 2 heterocycles. The molecule has 1 saturated heterocycles. The van der Waals surface area contributed by atoms with Crippen molar-refractivity contribution in [2.45, 2.75) is 12.5 Å². The molecule has 6 nitrogen and oxygen atoms in total. The van der Waals surface area contributed by atoms with Crippen molar-refractivity contribution in [2.75, 3.05) is 22.6 Å². The third kappa shape index (κ3) is 2.43. The third-order valence-corrected chi connectivity index (χ3v) is 4.94. The zero-order valence-electron chi connectivity index (χ0n) is 8.35. The van der Waals surface area contributed by atoms with Crippen LogP contribution < -0.4 is 11.1 Å². The number of sulfone groups is 1. The van der Waals surface area contributed by atoms with E-state index in [4.69, 9.17) is 5.73 Å². The van der Waals surface area contributed by atoms with Crippen molar-refractivity contribution < 1.29 is 8.42 Å². The van der Waals surface area contributed by atoms with Gasteiger partial charge in [0.2, 0.25) is 0 Å². The Kier molecular flexibility index (Phi) is 3.02. The number of aromatic nitrogens is 2. The van der Waals surface area contributed by atoms with Crippen LogP contribution in [0.3, 0.4) is 0 Å². The van der Waals surface area contributed by atoms with Gasteiger partial charge >= 0.3 is 0 Å². The van der Waals surface area contributed by atoms with E-state index in [0.29, 0.717) is 22.5 Å². The van der Waals surface area contributed by atoms with Crippen LogP contribution in [-0.4, -0.2) is 35.9 Å². The number of rotatable bonds is 2. The van der Waals surface area contributed by atoms with Crippen molar-refractivity contribution in [1.82, 2.24) is 9.97 Å². The standard InChI is InChI=1S/C8H11BrN4O2S/c9-6-7(10)11-4-12-8(6)13-5-1-2-16(14,15)3-5/h4-5H,1-3H2,(H3,10,11,12,13). The normalized spacial score (nSPS) is 23.2. The van der Waals surface area contributed by atoms with Gasteiger partial charge in [0.05, 0.1) is 11.5 Å². The van der Waals surface area contributed by atoms with Crippen LogP contribution in [0.25, 0.3) is 0 Å². The molecule has 0 aromatic carbocycles. The molecule has 1 unspecified atom stereocenters. The molecule has 1 aromatic heterocycles. The van der Waals surface area contributed by atoms with Crippen LogP contribution in [0.4, 0.5) is 11.6 Å². The van der Waals surface area contributed by atoms with E-state index in [1.807, 2.05) is 0 Å². The SMILES string of the molecule is Nc1ncnc(NC2CCS(=O)(=O)C2)c1Br. The van der Waals surface area contributed by atoms with Gasteiger partial charge in [0.25, 0.3) is 0 Å². The monoisotopic (exact) mass is 306 g/mol. The molecule has 1 aromatic rings. The number of nitrogens with one attached hydrogen (secondary N) is 1. The molecule has 0 aliphatic carbocycles. The lowest BCUT2D eigenvalue weighted by Crippen LogP contribution is -2.21. The first-order valence-electron chi connectivity index (χ1n) is 4.71. The summed E-state index contributed by atoms with van der Waals surface area (Å²) in [7, 11) is -2.89. The molecule has 3 N–H and O–H groups in total. The Labute approximate surface area is 102 Å². The zero-order chi connectivity index (χ0) is 11.8. The summed E-state index contributed by atoms with van der Waals surface area (Å²) >= 11 is 3.25. The second kappa shape index (κ2) is 4.17. The summed E-state index contributed by atoms with van der Waals surface area (Å²) in [6, 6.07) is -0.101. The van der Waals surface area contributed by atoms with Gasteiger partial charge in [-0.05, 0) is 22.4 Å². The van der Waals surface area contributed by atoms with Crippen molar-refractivity contribution in [3.05, 3.63) is 10.8 Å². The Balaban J connectivity index is 2.14. The molecule has 88 valence electrons. The molecular formula is C8H11BrN4O2S. The van der Waals surface area contributed by atoms with Gasteiger partial charge in [-0.1, -0.05) is 0 Å². The molecule has 1 aliphatic rings. The van der Waals surface area contributed by atoms with Crippen molar-refractivity contribution in [3.8, 4) is 0 Å². The zero-order valence-corrected chi connectivity index (χ0v) is 10.8. The van der Waals surface area contributed by atoms with Crippen LogP contribution in [-0.2, 0) is 9.84 Å². The van der Waals surface area contributed by atoms with Crippen molar-refractivity contribution in [3.63, 3.8) is 0 Å². The molecule has 0 spiro atoms. The molecule has 1 aliphatic heterocycles. The van der Waals surface area contributed by atoms with Crippen LogP contribution in [0, 0.1) is 0 Å². The maximum absolute atomic E-state index is 11.3.